The van der Waals surface area contributed by atoms with Crippen LogP contribution < -0.4 is 9.47 Å². The predicted molar refractivity (Wildman–Crippen MR) is 133 cm³/mol. The second-order valence-corrected chi connectivity index (χ2v) is 8.70. The number of carbonyl (C=O) groups is 2. The molecule has 0 aromatic heterocycles. The number of Topliss-reactive ketones (excluding diaryl/α,β-unsaturated/α-hetero) is 1. The van der Waals surface area contributed by atoms with Crippen LogP contribution in [-0.4, -0.2) is 35.4 Å². The predicted octanol–water partition coefficient (Wildman–Crippen LogP) is 5.48. The van der Waals surface area contributed by atoms with Crippen LogP contribution in [0.3, 0.4) is 0 Å². The van der Waals surface area contributed by atoms with Gasteiger partial charge >= 0.3 is 0 Å². The fraction of sp³-hybridized carbons (Fsp3) is 0.185. The Bertz CT molecular complexity index is 1230. The summed E-state index contributed by atoms with van der Waals surface area (Å²) in [6.07, 6.45) is 0. The fourth-order valence-corrected chi connectivity index (χ4v) is 4.29. The van der Waals surface area contributed by atoms with E-state index in [2.05, 4.69) is 15.9 Å². The van der Waals surface area contributed by atoms with Gasteiger partial charge < -0.3 is 19.5 Å². The minimum Gasteiger partial charge on any atom is -0.507 e. The normalized spacial score (nSPS) is 17.1. The summed E-state index contributed by atoms with van der Waals surface area (Å²) in [5, 5.41) is 11.2. The molecule has 1 atom stereocenters. The Morgan fingerprint density at radius 3 is 2.35 bits per heavy atom. The Hall–Kier alpha value is -3.58. The molecule has 0 aliphatic carbocycles. The molecule has 3 aromatic rings. The van der Waals surface area contributed by atoms with Crippen molar-refractivity contribution >= 4 is 33.4 Å². The van der Waals surface area contributed by atoms with Crippen molar-refractivity contribution in [1.29, 1.82) is 0 Å². The third-order valence-corrected chi connectivity index (χ3v) is 6.18. The molecular weight excluding hydrogens is 498 g/mol. The van der Waals surface area contributed by atoms with Crippen LogP contribution in [0.2, 0.25) is 0 Å². The molecule has 1 unspecified atom stereocenters. The van der Waals surface area contributed by atoms with Crippen molar-refractivity contribution < 1.29 is 24.2 Å². The van der Waals surface area contributed by atoms with Crippen LogP contribution >= 0.6 is 15.9 Å². The molecule has 4 rings (SSSR count). The van der Waals surface area contributed by atoms with Crippen molar-refractivity contribution in [2.24, 2.45) is 0 Å². The number of rotatable bonds is 7. The topological polar surface area (TPSA) is 76.1 Å². The van der Waals surface area contributed by atoms with Gasteiger partial charge in [-0.15, -0.1) is 0 Å². The van der Waals surface area contributed by atoms with Gasteiger partial charge in [0.2, 0.25) is 0 Å². The SMILES string of the molecule is CCOc1cccc(C2/C(=C(/O)c3ccc(Br)cc3)C(=O)C(=O)N2Cc2ccc(OC)cc2)c1. The number of methoxy groups -OCH3 is 1. The zero-order valence-electron chi connectivity index (χ0n) is 18.8. The van der Waals surface area contributed by atoms with E-state index in [-0.39, 0.29) is 17.9 Å². The van der Waals surface area contributed by atoms with E-state index in [1.54, 1.807) is 49.6 Å². The molecule has 1 N–H and O–H groups in total. The minimum absolute atomic E-state index is 0.0504. The first-order chi connectivity index (χ1) is 16.4. The number of aliphatic hydroxyl groups excluding tert-OH is 1. The lowest BCUT2D eigenvalue weighted by Crippen LogP contribution is -2.29. The molecule has 1 aliphatic rings. The first kappa shape index (κ1) is 23.6. The highest BCUT2D eigenvalue weighted by molar-refractivity contribution is 9.10. The van der Waals surface area contributed by atoms with Gasteiger partial charge in [-0.1, -0.05) is 52.3 Å². The Morgan fingerprint density at radius 1 is 1.00 bits per heavy atom. The lowest BCUT2D eigenvalue weighted by Gasteiger charge is -2.26. The summed E-state index contributed by atoms with van der Waals surface area (Å²) < 4.78 is 11.7. The maximum atomic E-state index is 13.2. The Labute approximate surface area is 206 Å². The van der Waals surface area contributed by atoms with E-state index in [9.17, 15) is 14.7 Å². The highest BCUT2D eigenvalue weighted by atomic mass is 79.9. The van der Waals surface area contributed by atoms with Gasteiger partial charge in [-0.3, -0.25) is 9.59 Å². The average Bonchev–Trinajstić information content (AvgIpc) is 3.10. The Kier molecular flexibility index (Phi) is 7.03. The minimum atomic E-state index is -0.772. The molecule has 174 valence electrons. The van der Waals surface area contributed by atoms with E-state index >= 15 is 0 Å². The van der Waals surface area contributed by atoms with Crippen LogP contribution in [0.5, 0.6) is 11.5 Å². The van der Waals surface area contributed by atoms with Crippen molar-refractivity contribution in [2.75, 3.05) is 13.7 Å². The zero-order chi connectivity index (χ0) is 24.2. The smallest absolute Gasteiger partial charge is 0.295 e. The summed E-state index contributed by atoms with van der Waals surface area (Å²) in [6, 6.07) is 20.7. The molecule has 0 spiro atoms. The van der Waals surface area contributed by atoms with Crippen LogP contribution in [0.1, 0.15) is 29.7 Å². The van der Waals surface area contributed by atoms with Crippen LogP contribution in [0, 0.1) is 0 Å². The highest BCUT2D eigenvalue weighted by Crippen LogP contribution is 2.41. The Morgan fingerprint density at radius 2 is 1.71 bits per heavy atom. The van der Waals surface area contributed by atoms with E-state index < -0.39 is 17.7 Å². The van der Waals surface area contributed by atoms with Gasteiger partial charge in [0.25, 0.3) is 11.7 Å². The molecular formula is C27H24BrNO5. The summed E-state index contributed by atoms with van der Waals surface area (Å²) in [5.74, 6) is -0.280. The molecule has 6 nitrogen and oxygen atoms in total. The van der Waals surface area contributed by atoms with Crippen molar-refractivity contribution in [1.82, 2.24) is 4.90 Å². The van der Waals surface area contributed by atoms with Crippen molar-refractivity contribution in [2.45, 2.75) is 19.5 Å². The molecule has 0 radical (unpaired) electrons. The van der Waals surface area contributed by atoms with E-state index in [1.807, 2.05) is 37.3 Å². The summed E-state index contributed by atoms with van der Waals surface area (Å²) in [6.45, 7) is 2.56. The quantitative estimate of drug-likeness (QED) is 0.253. The van der Waals surface area contributed by atoms with Gasteiger partial charge in [0.05, 0.1) is 25.3 Å². The van der Waals surface area contributed by atoms with Gasteiger partial charge in [-0.2, -0.15) is 0 Å². The molecule has 34 heavy (non-hydrogen) atoms. The van der Waals surface area contributed by atoms with Gasteiger partial charge in [-0.25, -0.2) is 0 Å². The van der Waals surface area contributed by atoms with E-state index in [4.69, 9.17) is 9.47 Å². The van der Waals surface area contributed by atoms with Crippen LogP contribution in [0.4, 0.5) is 0 Å². The number of nitrogens with zero attached hydrogens (tertiary/aromatic N) is 1. The van der Waals surface area contributed by atoms with Gasteiger partial charge in [0.1, 0.15) is 17.3 Å². The third kappa shape index (κ3) is 4.70. The first-order valence-electron chi connectivity index (χ1n) is 10.8. The second kappa shape index (κ2) is 10.1. The van der Waals surface area contributed by atoms with Gasteiger partial charge in [-0.05, 0) is 54.4 Å². The standard InChI is InChI=1S/C27H24BrNO5/c1-3-34-22-6-4-5-19(15-22)24-23(25(30)18-9-11-20(28)12-10-18)26(31)27(32)29(24)16-17-7-13-21(33-2)14-8-17/h4-15,24,30H,3,16H2,1-2H3/b25-23-. The molecule has 1 amide bonds. The van der Waals surface area contributed by atoms with Crippen LogP contribution in [0.15, 0.2) is 82.8 Å². The Balaban J connectivity index is 1.83. The van der Waals surface area contributed by atoms with Crippen LogP contribution in [-0.2, 0) is 16.1 Å². The monoisotopic (exact) mass is 521 g/mol. The third-order valence-electron chi connectivity index (χ3n) is 5.65. The number of amides is 1. The fourth-order valence-electron chi connectivity index (χ4n) is 4.02. The molecule has 1 heterocycles. The molecule has 0 saturated carbocycles. The number of benzene rings is 3. The molecule has 1 aliphatic heterocycles. The largest absolute Gasteiger partial charge is 0.507 e. The summed E-state index contributed by atoms with van der Waals surface area (Å²) in [4.78, 5) is 27.9. The molecule has 0 bridgehead atoms. The summed E-state index contributed by atoms with van der Waals surface area (Å²) >= 11 is 3.38. The number of aliphatic hydroxyl groups is 1. The lowest BCUT2D eigenvalue weighted by molar-refractivity contribution is -0.140. The van der Waals surface area contributed by atoms with E-state index in [0.29, 0.717) is 29.2 Å². The number of ether oxygens (including phenoxy) is 2. The van der Waals surface area contributed by atoms with Crippen molar-refractivity contribution in [3.8, 4) is 11.5 Å². The van der Waals surface area contributed by atoms with Crippen molar-refractivity contribution in [3.05, 3.63) is 99.5 Å². The molecule has 1 saturated heterocycles. The maximum Gasteiger partial charge on any atom is 0.295 e. The molecule has 1 fully saturated rings. The number of hydrogen-bond acceptors (Lipinski definition) is 5. The first-order valence-corrected chi connectivity index (χ1v) is 11.6. The number of likely N-dealkylation sites (tertiary alicyclic amines) is 1. The maximum absolute atomic E-state index is 13.2. The number of hydrogen-bond donors (Lipinski definition) is 1. The summed E-state index contributed by atoms with van der Waals surface area (Å²) in [7, 11) is 1.58. The zero-order valence-corrected chi connectivity index (χ0v) is 20.4. The number of ketones is 1. The molecule has 3 aromatic carbocycles. The lowest BCUT2D eigenvalue weighted by atomic mass is 9.95. The number of carbonyl (C=O) groups excluding carboxylic acids is 2. The summed E-state index contributed by atoms with van der Waals surface area (Å²) in [5.41, 5.74) is 2.01. The second-order valence-electron chi connectivity index (χ2n) is 7.79. The van der Waals surface area contributed by atoms with E-state index in [1.165, 1.54) is 4.90 Å². The highest BCUT2D eigenvalue weighted by Gasteiger charge is 2.46. The van der Waals surface area contributed by atoms with Crippen molar-refractivity contribution in [3.63, 3.8) is 0 Å². The molecule has 7 heteroatoms. The average molecular weight is 522 g/mol. The number of halogens is 1. The van der Waals surface area contributed by atoms with Gasteiger partial charge in [0.15, 0.2) is 0 Å². The van der Waals surface area contributed by atoms with Gasteiger partial charge in [0, 0.05) is 16.6 Å². The van der Waals surface area contributed by atoms with Crippen LogP contribution in [0.25, 0.3) is 5.76 Å². The van der Waals surface area contributed by atoms with E-state index in [0.717, 1.165) is 10.0 Å².